The summed E-state index contributed by atoms with van der Waals surface area (Å²) in [7, 11) is 0. The van der Waals surface area contributed by atoms with Crippen LogP contribution in [-0.4, -0.2) is 23.9 Å². The van der Waals surface area contributed by atoms with Gasteiger partial charge in [-0.1, -0.05) is 29.3 Å². The predicted octanol–water partition coefficient (Wildman–Crippen LogP) is 5.96. The lowest BCUT2D eigenvalue weighted by molar-refractivity contribution is -0.115. The number of ether oxygens (including phenoxy) is 1. The number of carbonyl (C=O) groups is 2. The van der Waals surface area contributed by atoms with E-state index < -0.39 is 11.7 Å². The van der Waals surface area contributed by atoms with Gasteiger partial charge in [0.2, 0.25) is 5.91 Å². The molecule has 190 valence electrons. The van der Waals surface area contributed by atoms with Crippen molar-refractivity contribution >= 4 is 56.6 Å². The second-order valence-electron chi connectivity index (χ2n) is 8.60. The van der Waals surface area contributed by atoms with Gasteiger partial charge >= 0.3 is 0 Å². The minimum Gasteiger partial charge on any atom is -0.453 e. The van der Waals surface area contributed by atoms with Crippen molar-refractivity contribution in [1.29, 1.82) is 5.26 Å². The average molecular weight is 606 g/mol. The zero-order valence-corrected chi connectivity index (χ0v) is 22.3. The Balaban J connectivity index is 1.46. The van der Waals surface area contributed by atoms with Crippen molar-refractivity contribution in [2.45, 2.75) is 24.8 Å². The van der Waals surface area contributed by atoms with Gasteiger partial charge in [-0.15, -0.1) is 0 Å². The minimum absolute atomic E-state index is 0.0712. The number of nitriles is 1. The maximum Gasteiger partial charge on any atom is 0.251 e. The van der Waals surface area contributed by atoms with Gasteiger partial charge in [0, 0.05) is 22.7 Å². The molecule has 37 heavy (non-hydrogen) atoms. The number of rotatable bonds is 8. The highest BCUT2D eigenvalue weighted by atomic mass is 79.9. The van der Waals surface area contributed by atoms with E-state index in [1.54, 1.807) is 6.07 Å². The smallest absolute Gasteiger partial charge is 0.251 e. The van der Waals surface area contributed by atoms with E-state index in [4.69, 9.17) is 38.9 Å². The van der Waals surface area contributed by atoms with Gasteiger partial charge in [0.25, 0.3) is 5.91 Å². The van der Waals surface area contributed by atoms with Crippen LogP contribution in [0.2, 0.25) is 10.0 Å². The average Bonchev–Trinajstić information content (AvgIpc) is 3.64. The second kappa shape index (κ2) is 11.1. The molecule has 1 fully saturated rings. The van der Waals surface area contributed by atoms with Crippen LogP contribution in [0.1, 0.15) is 34.3 Å². The van der Waals surface area contributed by atoms with Crippen LogP contribution in [0.15, 0.2) is 53.0 Å². The van der Waals surface area contributed by atoms with E-state index >= 15 is 4.39 Å². The van der Waals surface area contributed by atoms with Crippen LogP contribution in [-0.2, 0) is 11.2 Å². The van der Waals surface area contributed by atoms with Crippen LogP contribution in [0.3, 0.4) is 0 Å². The molecule has 0 bridgehead atoms. The SMILES string of the molecule is N#Cc1cc(Cl)cc(Oc2c(Br)ccc(CC(=O)Nc3ccc(C(=O)NC4(CN)CC4)cc3Cl)c2F)c1. The quantitative estimate of drug-likeness (QED) is 0.293. The Kier molecular flexibility index (Phi) is 8.05. The Morgan fingerprint density at radius 2 is 1.92 bits per heavy atom. The van der Waals surface area contributed by atoms with E-state index in [-0.39, 0.29) is 56.2 Å². The third kappa shape index (κ3) is 6.40. The Morgan fingerprint density at radius 3 is 2.57 bits per heavy atom. The molecule has 1 aliphatic rings. The van der Waals surface area contributed by atoms with Gasteiger partial charge in [-0.05, 0) is 71.2 Å². The molecule has 0 radical (unpaired) electrons. The summed E-state index contributed by atoms with van der Waals surface area (Å²) in [6.07, 6.45) is 1.35. The number of benzene rings is 3. The van der Waals surface area contributed by atoms with Crippen molar-refractivity contribution in [3.8, 4) is 17.6 Å². The molecule has 0 saturated heterocycles. The van der Waals surface area contributed by atoms with E-state index in [2.05, 4.69) is 26.6 Å². The summed E-state index contributed by atoms with van der Waals surface area (Å²) in [6.45, 7) is 0.361. The summed E-state index contributed by atoms with van der Waals surface area (Å²) in [5, 5.41) is 15.1. The molecule has 4 N–H and O–H groups in total. The lowest BCUT2D eigenvalue weighted by atomic mass is 10.1. The largest absolute Gasteiger partial charge is 0.453 e. The number of carbonyl (C=O) groups excluding carboxylic acids is 2. The van der Waals surface area contributed by atoms with E-state index in [1.807, 2.05) is 6.07 Å². The second-order valence-corrected chi connectivity index (χ2v) is 10.3. The first kappa shape index (κ1) is 26.9. The molecule has 3 aromatic rings. The van der Waals surface area contributed by atoms with Crippen LogP contribution in [0.25, 0.3) is 0 Å². The van der Waals surface area contributed by atoms with Gasteiger partial charge in [-0.25, -0.2) is 4.39 Å². The van der Waals surface area contributed by atoms with Gasteiger partial charge in [-0.2, -0.15) is 5.26 Å². The van der Waals surface area contributed by atoms with Crippen LogP contribution in [0, 0.1) is 17.1 Å². The Hall–Kier alpha value is -3.16. The first-order chi connectivity index (χ1) is 17.6. The van der Waals surface area contributed by atoms with Gasteiger partial charge in [0.05, 0.1) is 38.8 Å². The standard InChI is InChI=1S/C26H20BrCl2FN4O3/c27-19-3-1-15(23(30)24(19)37-18-8-14(12-31)7-17(28)11-18)10-22(35)33-21-4-2-16(9-20(21)29)25(36)34-26(13-32)5-6-26/h1-4,7-9,11H,5-6,10,13,32H2,(H,33,35)(H,34,36). The molecular weight excluding hydrogens is 586 g/mol. The van der Waals surface area contributed by atoms with Gasteiger partial charge in [0.1, 0.15) is 5.75 Å². The van der Waals surface area contributed by atoms with Crippen LogP contribution < -0.4 is 21.1 Å². The molecule has 0 spiro atoms. The van der Waals surface area contributed by atoms with Crippen LogP contribution in [0.5, 0.6) is 11.5 Å². The fourth-order valence-corrected chi connectivity index (χ4v) is 4.42. The molecule has 4 rings (SSSR count). The van der Waals surface area contributed by atoms with Crippen LogP contribution in [0.4, 0.5) is 10.1 Å². The van der Waals surface area contributed by atoms with Crippen molar-refractivity contribution in [3.05, 3.63) is 85.6 Å². The summed E-state index contributed by atoms with van der Waals surface area (Å²) in [4.78, 5) is 25.2. The zero-order chi connectivity index (χ0) is 26.7. The molecule has 0 heterocycles. The zero-order valence-electron chi connectivity index (χ0n) is 19.2. The monoisotopic (exact) mass is 604 g/mol. The van der Waals surface area contributed by atoms with Crippen molar-refractivity contribution in [3.63, 3.8) is 0 Å². The van der Waals surface area contributed by atoms with Crippen molar-refractivity contribution in [2.75, 3.05) is 11.9 Å². The first-order valence-electron chi connectivity index (χ1n) is 11.1. The maximum atomic E-state index is 15.3. The highest BCUT2D eigenvalue weighted by Gasteiger charge is 2.42. The summed E-state index contributed by atoms with van der Waals surface area (Å²) >= 11 is 15.5. The van der Waals surface area contributed by atoms with Crippen molar-refractivity contribution in [1.82, 2.24) is 5.32 Å². The number of amides is 2. The van der Waals surface area contributed by atoms with Gasteiger partial charge in [-0.3, -0.25) is 9.59 Å². The van der Waals surface area contributed by atoms with Crippen molar-refractivity contribution < 1.29 is 18.7 Å². The van der Waals surface area contributed by atoms with Crippen molar-refractivity contribution in [2.24, 2.45) is 5.73 Å². The third-order valence-corrected chi connectivity index (χ3v) is 6.98. The van der Waals surface area contributed by atoms with E-state index in [1.165, 1.54) is 42.5 Å². The highest BCUT2D eigenvalue weighted by Crippen LogP contribution is 2.36. The first-order valence-corrected chi connectivity index (χ1v) is 12.7. The molecular formula is C26H20BrCl2FN4O3. The fourth-order valence-electron chi connectivity index (χ4n) is 3.58. The van der Waals surface area contributed by atoms with Gasteiger partial charge in [0.15, 0.2) is 11.6 Å². The minimum atomic E-state index is -0.755. The molecule has 1 aliphatic carbocycles. The highest BCUT2D eigenvalue weighted by molar-refractivity contribution is 9.10. The van der Waals surface area contributed by atoms with E-state index in [9.17, 15) is 9.59 Å². The molecule has 1 saturated carbocycles. The number of nitrogens with one attached hydrogen (secondary N) is 2. The summed E-state index contributed by atoms with van der Waals surface area (Å²) in [5.41, 5.74) is 6.30. The number of nitrogens with two attached hydrogens (primary N) is 1. The molecule has 0 unspecified atom stereocenters. The number of nitrogens with zero attached hydrogens (tertiary/aromatic N) is 1. The molecule has 0 aromatic heterocycles. The lowest BCUT2D eigenvalue weighted by Gasteiger charge is -2.16. The van der Waals surface area contributed by atoms with Gasteiger partial charge < -0.3 is 21.1 Å². The van der Waals surface area contributed by atoms with E-state index in [0.717, 1.165) is 12.8 Å². The number of hydrogen-bond acceptors (Lipinski definition) is 5. The molecule has 11 heteroatoms. The number of halogens is 4. The number of hydrogen-bond donors (Lipinski definition) is 3. The summed E-state index contributed by atoms with van der Waals surface area (Å²) in [6, 6.07) is 13.8. The fraction of sp³-hybridized carbons (Fsp3) is 0.192. The molecule has 2 amide bonds. The van der Waals surface area contributed by atoms with Crippen LogP contribution >= 0.6 is 39.1 Å². The lowest BCUT2D eigenvalue weighted by Crippen LogP contribution is -2.42. The maximum absolute atomic E-state index is 15.3. The Labute approximate surface area is 230 Å². The molecule has 7 nitrogen and oxygen atoms in total. The summed E-state index contributed by atoms with van der Waals surface area (Å²) < 4.78 is 21.2. The topological polar surface area (TPSA) is 117 Å². The van der Waals surface area contributed by atoms with E-state index in [0.29, 0.717) is 16.6 Å². The summed E-state index contributed by atoms with van der Waals surface area (Å²) in [5.74, 6) is -1.57. The normalized spacial score (nSPS) is 13.4. The Morgan fingerprint density at radius 1 is 1.16 bits per heavy atom. The third-order valence-electron chi connectivity index (χ3n) is 5.83. The predicted molar refractivity (Wildman–Crippen MR) is 143 cm³/mol. The molecule has 0 atom stereocenters. The molecule has 3 aromatic carbocycles. The Bertz CT molecular complexity index is 1440. The number of anilines is 1. The molecule has 0 aliphatic heterocycles.